The Labute approximate surface area is 194 Å². The predicted octanol–water partition coefficient (Wildman–Crippen LogP) is 4.67. The molecule has 8 heteroatoms. The number of fused-ring (bicyclic) bond motifs is 1. The second kappa shape index (κ2) is 10.4. The molecule has 1 aromatic carbocycles. The van der Waals surface area contributed by atoms with Crippen LogP contribution in [0.15, 0.2) is 48.7 Å². The third-order valence-electron chi connectivity index (χ3n) is 6.61. The Kier molecular flexibility index (Phi) is 7.58. The van der Waals surface area contributed by atoms with Crippen molar-refractivity contribution >= 4 is 16.2 Å². The highest BCUT2D eigenvalue weighted by Crippen LogP contribution is 2.48. The molecule has 0 N–H and O–H groups in total. The minimum Gasteiger partial charge on any atom is -0.359 e. The molecule has 0 aliphatic heterocycles. The average molecular weight is 476 g/mol. The number of rotatable bonds is 8. The van der Waals surface area contributed by atoms with Crippen molar-refractivity contribution in [2.75, 3.05) is 20.2 Å². The molecule has 2 aromatic rings. The van der Waals surface area contributed by atoms with Gasteiger partial charge in [-0.3, -0.25) is 9.17 Å². The summed E-state index contributed by atoms with van der Waals surface area (Å²) in [6.07, 6.45) is 9.96. The van der Waals surface area contributed by atoms with Gasteiger partial charge in [-0.2, -0.15) is 8.42 Å². The van der Waals surface area contributed by atoms with Gasteiger partial charge in [0.15, 0.2) is 0 Å². The minimum atomic E-state index is -3.57. The van der Waals surface area contributed by atoms with Gasteiger partial charge in [-0.15, -0.1) is 0 Å². The van der Waals surface area contributed by atoms with E-state index in [0.717, 1.165) is 42.3 Å². The fourth-order valence-electron chi connectivity index (χ4n) is 5.22. The molecule has 1 heterocycles. The Morgan fingerprint density at radius 3 is 2.70 bits per heavy atom. The smallest absolute Gasteiger partial charge is 0.264 e. The maximum atomic E-state index is 13.5. The van der Waals surface area contributed by atoms with Crippen LogP contribution in [0.3, 0.4) is 0 Å². The van der Waals surface area contributed by atoms with Crippen molar-refractivity contribution < 1.29 is 26.5 Å². The lowest BCUT2D eigenvalue weighted by Gasteiger charge is -2.33. The Balaban J connectivity index is 1.49. The Morgan fingerprint density at radius 1 is 1.15 bits per heavy atom. The van der Waals surface area contributed by atoms with E-state index in [1.807, 2.05) is 30.4 Å². The lowest BCUT2D eigenvalue weighted by molar-refractivity contribution is -0.0930. The quantitative estimate of drug-likeness (QED) is 0.408. The fraction of sp³-hybridized carbons (Fsp3) is 0.480. The van der Waals surface area contributed by atoms with Crippen LogP contribution >= 0.6 is 0 Å². The zero-order chi connectivity index (χ0) is 23.4. The van der Waals surface area contributed by atoms with Crippen LogP contribution in [-0.4, -0.2) is 45.8 Å². The molecule has 0 radical (unpaired) electrons. The fourth-order valence-corrected chi connectivity index (χ4v) is 5.87. The number of hydrogen-bond acceptors (Lipinski definition) is 6. The molecule has 0 bridgehead atoms. The van der Waals surface area contributed by atoms with Crippen molar-refractivity contribution in [1.29, 1.82) is 0 Å². The van der Waals surface area contributed by atoms with E-state index in [0.29, 0.717) is 18.3 Å². The second-order valence-corrected chi connectivity index (χ2v) is 10.5. The van der Waals surface area contributed by atoms with Crippen molar-refractivity contribution in [3.8, 4) is 11.1 Å². The number of aromatic nitrogens is 1. The van der Waals surface area contributed by atoms with Crippen LogP contribution < -0.4 is 0 Å². The van der Waals surface area contributed by atoms with E-state index in [4.69, 9.17) is 13.7 Å². The highest BCUT2D eigenvalue weighted by atomic mass is 32.2. The van der Waals surface area contributed by atoms with Gasteiger partial charge in [-0.05, 0) is 67.4 Å². The summed E-state index contributed by atoms with van der Waals surface area (Å²) < 4.78 is 53.6. The highest BCUT2D eigenvalue weighted by molar-refractivity contribution is 7.86. The SMILES string of the molecule is COCOC1CCC2C(C1)CC(OS(C)(=O)=O)C2C=Cc1ccc(-c2cccc(F)c2)cn1. The number of benzene rings is 1. The summed E-state index contributed by atoms with van der Waals surface area (Å²) in [5.41, 5.74) is 2.36. The molecule has 178 valence electrons. The van der Waals surface area contributed by atoms with Crippen LogP contribution in [0.1, 0.15) is 31.4 Å². The van der Waals surface area contributed by atoms with Crippen LogP contribution in [0, 0.1) is 23.6 Å². The molecule has 2 aliphatic carbocycles. The van der Waals surface area contributed by atoms with E-state index in [-0.39, 0.29) is 30.7 Å². The third-order valence-corrected chi connectivity index (χ3v) is 7.20. The molecule has 0 saturated heterocycles. The van der Waals surface area contributed by atoms with E-state index in [2.05, 4.69) is 4.98 Å². The molecule has 1 aromatic heterocycles. The largest absolute Gasteiger partial charge is 0.359 e. The molecule has 4 rings (SSSR count). The summed E-state index contributed by atoms with van der Waals surface area (Å²) >= 11 is 0. The van der Waals surface area contributed by atoms with Crippen LogP contribution in [0.5, 0.6) is 0 Å². The Bertz CT molecular complexity index is 1070. The minimum absolute atomic E-state index is 0.0159. The van der Waals surface area contributed by atoms with E-state index in [9.17, 15) is 12.8 Å². The van der Waals surface area contributed by atoms with Crippen molar-refractivity contribution in [3.63, 3.8) is 0 Å². The van der Waals surface area contributed by atoms with Gasteiger partial charge in [0, 0.05) is 24.8 Å². The van der Waals surface area contributed by atoms with E-state index < -0.39 is 10.1 Å². The van der Waals surface area contributed by atoms with Gasteiger partial charge < -0.3 is 9.47 Å². The topological polar surface area (TPSA) is 74.7 Å². The number of pyridine rings is 1. The standard InChI is InChI=1S/C25H30FNO5S/c1-30-16-31-22-9-11-23-19(13-22)14-25(32-33(2,28)29)24(23)10-8-21-7-6-18(15-27-21)17-4-3-5-20(26)12-17/h3-8,10,12,15,19,22-25H,9,11,13-14,16H2,1-2H3. The Morgan fingerprint density at radius 2 is 2.00 bits per heavy atom. The maximum absolute atomic E-state index is 13.5. The summed E-state index contributed by atoms with van der Waals surface area (Å²) in [6, 6.07) is 10.2. The number of ether oxygens (including phenoxy) is 2. The van der Waals surface area contributed by atoms with Gasteiger partial charge in [-0.1, -0.05) is 24.3 Å². The summed E-state index contributed by atoms with van der Waals surface area (Å²) in [7, 11) is -1.96. The van der Waals surface area contributed by atoms with Gasteiger partial charge in [0.05, 0.1) is 24.2 Å². The van der Waals surface area contributed by atoms with E-state index >= 15 is 0 Å². The molecule has 2 fully saturated rings. The van der Waals surface area contributed by atoms with Gasteiger partial charge in [-0.25, -0.2) is 4.39 Å². The first-order valence-electron chi connectivity index (χ1n) is 11.2. The number of methoxy groups -OCH3 is 1. The van der Waals surface area contributed by atoms with Crippen LogP contribution in [0.4, 0.5) is 4.39 Å². The van der Waals surface area contributed by atoms with Crippen LogP contribution in [0.2, 0.25) is 0 Å². The second-order valence-electron chi connectivity index (χ2n) is 8.93. The maximum Gasteiger partial charge on any atom is 0.264 e. The van der Waals surface area contributed by atoms with Crippen LogP contribution in [0.25, 0.3) is 17.2 Å². The third kappa shape index (κ3) is 6.26. The number of hydrogen-bond donors (Lipinski definition) is 0. The first kappa shape index (κ1) is 24.0. The van der Waals surface area contributed by atoms with Crippen molar-refractivity contribution in [2.45, 2.75) is 37.9 Å². The molecular weight excluding hydrogens is 445 g/mol. The average Bonchev–Trinajstić information content (AvgIpc) is 3.11. The molecule has 5 atom stereocenters. The molecule has 0 spiro atoms. The highest BCUT2D eigenvalue weighted by Gasteiger charge is 2.46. The lowest BCUT2D eigenvalue weighted by atomic mass is 9.76. The lowest BCUT2D eigenvalue weighted by Crippen LogP contribution is -2.30. The van der Waals surface area contributed by atoms with Crippen LogP contribution in [-0.2, 0) is 23.8 Å². The molecule has 33 heavy (non-hydrogen) atoms. The summed E-state index contributed by atoms with van der Waals surface area (Å²) in [4.78, 5) is 4.49. The zero-order valence-corrected chi connectivity index (χ0v) is 19.7. The van der Waals surface area contributed by atoms with Gasteiger partial charge in [0.2, 0.25) is 0 Å². The van der Waals surface area contributed by atoms with E-state index in [1.54, 1.807) is 19.4 Å². The molecule has 6 nitrogen and oxygen atoms in total. The van der Waals surface area contributed by atoms with Gasteiger partial charge >= 0.3 is 0 Å². The van der Waals surface area contributed by atoms with Gasteiger partial charge in [0.1, 0.15) is 12.6 Å². The summed E-state index contributed by atoms with van der Waals surface area (Å²) in [5.74, 6) is 0.372. The molecule has 2 aliphatic rings. The number of halogens is 1. The first-order chi connectivity index (χ1) is 15.8. The zero-order valence-electron chi connectivity index (χ0n) is 18.9. The van der Waals surface area contributed by atoms with Crippen molar-refractivity contribution in [2.24, 2.45) is 17.8 Å². The normalized spacial score (nSPS) is 27.7. The van der Waals surface area contributed by atoms with E-state index in [1.165, 1.54) is 12.1 Å². The van der Waals surface area contributed by atoms with Gasteiger partial charge in [0.25, 0.3) is 10.1 Å². The molecular formula is C25H30FNO5S. The summed E-state index contributed by atoms with van der Waals surface area (Å²) in [6.45, 7) is 0.270. The Hall–Kier alpha value is -2.13. The summed E-state index contributed by atoms with van der Waals surface area (Å²) in [5, 5.41) is 0. The molecule has 2 saturated carbocycles. The molecule has 0 amide bonds. The van der Waals surface area contributed by atoms with Crippen molar-refractivity contribution in [3.05, 3.63) is 60.2 Å². The monoisotopic (exact) mass is 475 g/mol. The predicted molar refractivity (Wildman–Crippen MR) is 124 cm³/mol. The van der Waals surface area contributed by atoms with Crippen molar-refractivity contribution in [1.82, 2.24) is 4.98 Å². The molecule has 5 unspecified atom stereocenters. The first-order valence-corrected chi connectivity index (χ1v) is 13.0. The number of nitrogens with zero attached hydrogens (tertiary/aromatic N) is 1.